The third kappa shape index (κ3) is 3.86. The van der Waals surface area contributed by atoms with Crippen LogP contribution in [0.3, 0.4) is 0 Å². The molecule has 0 aliphatic carbocycles. The summed E-state index contributed by atoms with van der Waals surface area (Å²) in [6, 6.07) is 19.5. The van der Waals surface area contributed by atoms with Gasteiger partial charge in [-0.05, 0) is 53.1 Å². The topological polar surface area (TPSA) is 40.5 Å². The highest BCUT2D eigenvalue weighted by Gasteiger charge is 2.40. The molecule has 6 heteroatoms. The molecule has 0 bridgehead atoms. The Morgan fingerprint density at radius 3 is 2.00 bits per heavy atom. The minimum atomic E-state index is -0.522. The van der Waals surface area contributed by atoms with Crippen LogP contribution >= 0.6 is 23.2 Å². The Hall–Kier alpha value is -2.82. The molecule has 0 saturated heterocycles. The second-order valence-corrected chi connectivity index (χ2v) is 7.66. The summed E-state index contributed by atoms with van der Waals surface area (Å²) in [6.45, 7) is 0.216. The third-order valence-electron chi connectivity index (χ3n) is 4.91. The molecular formula is C23H16Cl2FNO2. The summed E-state index contributed by atoms with van der Waals surface area (Å²) >= 11 is 12.0. The van der Waals surface area contributed by atoms with Crippen molar-refractivity contribution in [3.63, 3.8) is 0 Å². The zero-order valence-electron chi connectivity index (χ0n) is 15.1. The van der Waals surface area contributed by atoms with Crippen molar-refractivity contribution in [1.82, 2.24) is 4.90 Å². The maximum atomic E-state index is 13.3. The van der Waals surface area contributed by atoms with Gasteiger partial charge in [0, 0.05) is 22.2 Å². The molecule has 1 aliphatic rings. The van der Waals surface area contributed by atoms with E-state index in [1.165, 1.54) is 12.1 Å². The zero-order chi connectivity index (χ0) is 20.5. The maximum absolute atomic E-state index is 13.3. The Kier molecular flexibility index (Phi) is 5.31. The molecule has 3 aromatic rings. The highest BCUT2D eigenvalue weighted by Crippen LogP contribution is 2.44. The van der Waals surface area contributed by atoms with E-state index in [0.717, 1.165) is 11.1 Å². The third-order valence-corrected chi connectivity index (χ3v) is 5.41. The van der Waals surface area contributed by atoms with Crippen molar-refractivity contribution >= 4 is 34.7 Å². The fraction of sp³-hybridized carbons (Fsp3) is 0.0870. The van der Waals surface area contributed by atoms with Gasteiger partial charge in [0.1, 0.15) is 5.82 Å². The van der Waals surface area contributed by atoms with Crippen molar-refractivity contribution in [2.24, 2.45) is 0 Å². The monoisotopic (exact) mass is 427 g/mol. The molecule has 3 nitrogen and oxygen atoms in total. The van der Waals surface area contributed by atoms with Gasteiger partial charge in [0.2, 0.25) is 0 Å². The number of aliphatic hydroxyl groups excluding tert-OH is 1. The fourth-order valence-electron chi connectivity index (χ4n) is 3.52. The lowest BCUT2D eigenvalue weighted by molar-refractivity contribution is -0.130. The van der Waals surface area contributed by atoms with Crippen LogP contribution in [0.1, 0.15) is 22.7 Å². The standard InChI is InChI=1S/C23H16Cl2FNO2/c24-17-7-3-15(4-8-17)20-21(16-5-9-18(25)10-6-16)27(23(29)22(20)28)13-14-1-11-19(26)12-2-14/h1-12,21,28H,13H2/t21-/m1/s1. The summed E-state index contributed by atoms with van der Waals surface area (Å²) in [5.74, 6) is -1.15. The van der Waals surface area contributed by atoms with Crippen LogP contribution in [-0.4, -0.2) is 15.9 Å². The normalized spacial score (nSPS) is 16.6. The predicted molar refractivity (Wildman–Crippen MR) is 112 cm³/mol. The van der Waals surface area contributed by atoms with Gasteiger partial charge in [-0.25, -0.2) is 4.39 Å². The summed E-state index contributed by atoms with van der Waals surface area (Å²) < 4.78 is 13.3. The van der Waals surface area contributed by atoms with E-state index in [4.69, 9.17) is 23.2 Å². The van der Waals surface area contributed by atoms with E-state index in [1.54, 1.807) is 53.4 Å². The van der Waals surface area contributed by atoms with E-state index >= 15 is 0 Å². The van der Waals surface area contributed by atoms with Gasteiger partial charge in [0.25, 0.3) is 5.91 Å². The first-order valence-corrected chi connectivity index (χ1v) is 9.69. The SMILES string of the molecule is O=C1C(O)=C(c2ccc(Cl)cc2)[C@@H](c2ccc(Cl)cc2)N1Cc1ccc(F)cc1. The van der Waals surface area contributed by atoms with Crippen molar-refractivity contribution in [3.8, 4) is 0 Å². The average molecular weight is 428 g/mol. The van der Waals surface area contributed by atoms with Crippen LogP contribution in [0.25, 0.3) is 5.57 Å². The first-order valence-electron chi connectivity index (χ1n) is 8.94. The van der Waals surface area contributed by atoms with E-state index in [9.17, 15) is 14.3 Å². The zero-order valence-corrected chi connectivity index (χ0v) is 16.7. The van der Waals surface area contributed by atoms with Crippen LogP contribution in [-0.2, 0) is 11.3 Å². The molecule has 0 fully saturated rings. The molecule has 0 aromatic heterocycles. The lowest BCUT2D eigenvalue weighted by Gasteiger charge is -2.27. The number of amides is 1. The highest BCUT2D eigenvalue weighted by atomic mass is 35.5. The largest absolute Gasteiger partial charge is 0.503 e. The van der Waals surface area contributed by atoms with Crippen molar-refractivity contribution in [2.75, 3.05) is 0 Å². The molecule has 1 amide bonds. The van der Waals surface area contributed by atoms with Crippen molar-refractivity contribution in [3.05, 3.63) is 111 Å². The highest BCUT2D eigenvalue weighted by molar-refractivity contribution is 6.30. The number of hydrogen-bond donors (Lipinski definition) is 1. The van der Waals surface area contributed by atoms with E-state index in [2.05, 4.69) is 0 Å². The Morgan fingerprint density at radius 2 is 1.41 bits per heavy atom. The minimum Gasteiger partial charge on any atom is -0.503 e. The Balaban J connectivity index is 1.80. The number of hydrogen-bond acceptors (Lipinski definition) is 2. The van der Waals surface area contributed by atoms with Crippen LogP contribution in [0.2, 0.25) is 10.0 Å². The summed E-state index contributed by atoms with van der Waals surface area (Å²) in [5, 5.41) is 11.9. The van der Waals surface area contributed by atoms with Gasteiger partial charge in [-0.3, -0.25) is 4.79 Å². The maximum Gasteiger partial charge on any atom is 0.290 e. The van der Waals surface area contributed by atoms with E-state index < -0.39 is 11.9 Å². The smallest absolute Gasteiger partial charge is 0.290 e. The second kappa shape index (κ2) is 7.90. The summed E-state index contributed by atoms with van der Waals surface area (Å²) in [4.78, 5) is 14.5. The van der Waals surface area contributed by atoms with Crippen molar-refractivity contribution in [1.29, 1.82) is 0 Å². The number of halogens is 3. The summed E-state index contributed by atoms with van der Waals surface area (Å²) in [5.41, 5.74) is 2.75. The van der Waals surface area contributed by atoms with Gasteiger partial charge in [-0.15, -0.1) is 0 Å². The fourth-order valence-corrected chi connectivity index (χ4v) is 3.77. The van der Waals surface area contributed by atoms with Gasteiger partial charge in [0.05, 0.1) is 6.04 Å². The van der Waals surface area contributed by atoms with Gasteiger partial charge >= 0.3 is 0 Å². The molecule has 4 rings (SSSR count). The molecule has 0 spiro atoms. The number of carbonyl (C=O) groups excluding carboxylic acids is 1. The van der Waals surface area contributed by atoms with E-state index in [0.29, 0.717) is 21.2 Å². The number of carbonyl (C=O) groups is 1. The van der Waals surface area contributed by atoms with E-state index in [-0.39, 0.29) is 18.1 Å². The minimum absolute atomic E-state index is 0.216. The molecule has 3 aromatic carbocycles. The van der Waals surface area contributed by atoms with Crippen LogP contribution < -0.4 is 0 Å². The Morgan fingerprint density at radius 1 is 0.862 bits per heavy atom. The quantitative estimate of drug-likeness (QED) is 0.539. The Bertz CT molecular complexity index is 1080. The molecule has 1 aliphatic heterocycles. The predicted octanol–water partition coefficient (Wildman–Crippen LogP) is 6.19. The first kappa shape index (κ1) is 19.5. The van der Waals surface area contributed by atoms with Crippen LogP contribution in [0.5, 0.6) is 0 Å². The van der Waals surface area contributed by atoms with Gasteiger partial charge in [-0.2, -0.15) is 0 Å². The van der Waals surface area contributed by atoms with Gasteiger partial charge in [0.15, 0.2) is 5.76 Å². The molecule has 1 N–H and O–H groups in total. The molecule has 1 heterocycles. The molecule has 29 heavy (non-hydrogen) atoms. The van der Waals surface area contributed by atoms with Gasteiger partial charge in [-0.1, -0.05) is 59.6 Å². The summed E-state index contributed by atoms with van der Waals surface area (Å²) in [7, 11) is 0. The summed E-state index contributed by atoms with van der Waals surface area (Å²) in [6.07, 6.45) is 0. The molecular weight excluding hydrogens is 412 g/mol. The molecule has 0 unspecified atom stereocenters. The number of nitrogens with zero attached hydrogens (tertiary/aromatic N) is 1. The molecule has 0 radical (unpaired) electrons. The second-order valence-electron chi connectivity index (χ2n) is 6.78. The van der Waals surface area contributed by atoms with Crippen LogP contribution in [0.4, 0.5) is 4.39 Å². The first-order chi connectivity index (χ1) is 13.9. The number of aliphatic hydroxyl groups is 1. The molecule has 0 saturated carbocycles. The lowest BCUT2D eigenvalue weighted by atomic mass is 9.93. The van der Waals surface area contributed by atoms with Gasteiger partial charge < -0.3 is 10.0 Å². The number of benzene rings is 3. The van der Waals surface area contributed by atoms with Crippen molar-refractivity contribution < 1.29 is 14.3 Å². The average Bonchev–Trinajstić information content (AvgIpc) is 2.96. The molecule has 146 valence electrons. The Labute approximate surface area is 177 Å². The van der Waals surface area contributed by atoms with Crippen LogP contribution in [0.15, 0.2) is 78.6 Å². The number of rotatable bonds is 4. The molecule has 1 atom stereocenters. The lowest BCUT2D eigenvalue weighted by Crippen LogP contribution is -2.29. The van der Waals surface area contributed by atoms with E-state index in [1.807, 2.05) is 12.1 Å². The van der Waals surface area contributed by atoms with Crippen molar-refractivity contribution in [2.45, 2.75) is 12.6 Å². The van der Waals surface area contributed by atoms with Crippen LogP contribution in [0, 0.1) is 5.82 Å².